The minimum atomic E-state index is -0.949. The molecule has 1 unspecified atom stereocenters. The summed E-state index contributed by atoms with van der Waals surface area (Å²) in [6.45, 7) is 7.97. The van der Waals surface area contributed by atoms with Gasteiger partial charge in [-0.05, 0) is 69.7 Å². The van der Waals surface area contributed by atoms with Crippen LogP contribution in [-0.4, -0.2) is 28.4 Å². The summed E-state index contributed by atoms with van der Waals surface area (Å²) in [6, 6.07) is 13.6. The highest BCUT2D eigenvalue weighted by Crippen LogP contribution is 2.45. The number of nitrogens with zero attached hydrogens (tertiary/aromatic N) is 2. The lowest BCUT2D eigenvalue weighted by atomic mass is 9.96. The van der Waals surface area contributed by atoms with Crippen LogP contribution < -0.4 is 9.64 Å². The molecule has 2 aromatic carbocycles. The predicted octanol–water partition coefficient (Wildman–Crippen LogP) is 5.84. The molecule has 1 N–H and O–H groups in total. The number of fused-ring (bicyclic) bond motifs is 1. The van der Waals surface area contributed by atoms with Crippen molar-refractivity contribution in [1.29, 1.82) is 0 Å². The molecule has 5 rings (SSSR count). The van der Waals surface area contributed by atoms with Gasteiger partial charge >= 0.3 is 5.91 Å². The normalized spacial score (nSPS) is 17.5. The van der Waals surface area contributed by atoms with Crippen molar-refractivity contribution in [3.63, 3.8) is 0 Å². The molecule has 1 amide bonds. The average molecular weight is 489 g/mol. The molecule has 2 aromatic heterocycles. The van der Waals surface area contributed by atoms with E-state index in [0.717, 1.165) is 15.8 Å². The van der Waals surface area contributed by atoms with E-state index in [1.165, 1.54) is 16.2 Å². The summed E-state index contributed by atoms with van der Waals surface area (Å²) in [5.74, 6) is -0.0706. The second-order valence-corrected chi connectivity index (χ2v) is 9.50. The number of furan rings is 1. The van der Waals surface area contributed by atoms with Gasteiger partial charge in [0.05, 0.1) is 22.4 Å². The first kappa shape index (κ1) is 22.9. The minimum Gasteiger partial charge on any atom is -0.507 e. The van der Waals surface area contributed by atoms with E-state index in [1.54, 1.807) is 25.1 Å². The first-order valence-corrected chi connectivity index (χ1v) is 12.1. The average Bonchev–Trinajstić information content (AvgIpc) is 3.51. The summed E-state index contributed by atoms with van der Waals surface area (Å²) in [5.41, 5.74) is 2.87. The van der Waals surface area contributed by atoms with Crippen LogP contribution in [0.2, 0.25) is 0 Å². The largest absolute Gasteiger partial charge is 0.507 e. The van der Waals surface area contributed by atoms with Crippen LogP contribution in [0.25, 0.3) is 16.0 Å². The first-order valence-electron chi connectivity index (χ1n) is 11.3. The molecule has 1 fully saturated rings. The molecule has 3 heterocycles. The van der Waals surface area contributed by atoms with Crippen LogP contribution in [0, 0.1) is 20.8 Å². The molecule has 0 aliphatic carbocycles. The highest BCUT2D eigenvalue weighted by atomic mass is 32.1. The second-order valence-electron chi connectivity index (χ2n) is 8.49. The van der Waals surface area contributed by atoms with Crippen molar-refractivity contribution in [1.82, 2.24) is 4.98 Å². The van der Waals surface area contributed by atoms with Crippen LogP contribution in [0.5, 0.6) is 5.75 Å². The number of aromatic nitrogens is 1. The van der Waals surface area contributed by atoms with Gasteiger partial charge in [-0.2, -0.15) is 0 Å². The minimum absolute atomic E-state index is 0.0210. The number of anilines is 1. The molecule has 1 aliphatic rings. The maximum atomic E-state index is 13.4. The predicted molar refractivity (Wildman–Crippen MR) is 135 cm³/mol. The third-order valence-corrected chi connectivity index (χ3v) is 7.01. The number of Topliss-reactive ketones (excluding diaryl/α,β-unsaturated/α-hetero) is 1. The number of hydrogen-bond acceptors (Lipinski definition) is 7. The number of ether oxygens (including phenoxy) is 1. The number of amides is 1. The Morgan fingerprint density at radius 3 is 2.63 bits per heavy atom. The first-order chi connectivity index (χ1) is 16.8. The fourth-order valence-corrected chi connectivity index (χ4v) is 5.31. The molecule has 7 nitrogen and oxygen atoms in total. The van der Waals surface area contributed by atoms with E-state index < -0.39 is 17.7 Å². The van der Waals surface area contributed by atoms with Gasteiger partial charge in [0.2, 0.25) is 0 Å². The number of hydrogen-bond donors (Lipinski definition) is 1. The highest BCUT2D eigenvalue weighted by Gasteiger charge is 2.49. The molecule has 8 heteroatoms. The molecule has 1 aliphatic heterocycles. The third kappa shape index (κ3) is 3.89. The molecule has 0 bridgehead atoms. The summed E-state index contributed by atoms with van der Waals surface area (Å²) in [4.78, 5) is 32.7. The van der Waals surface area contributed by atoms with E-state index in [1.807, 2.05) is 51.1 Å². The van der Waals surface area contributed by atoms with Gasteiger partial charge in [0.25, 0.3) is 5.78 Å². The van der Waals surface area contributed by atoms with E-state index in [-0.39, 0.29) is 11.3 Å². The van der Waals surface area contributed by atoms with Crippen LogP contribution in [0.1, 0.15) is 41.2 Å². The van der Waals surface area contributed by atoms with Crippen LogP contribution in [0.4, 0.5) is 5.13 Å². The monoisotopic (exact) mass is 488 g/mol. The quantitative estimate of drug-likeness (QED) is 0.216. The van der Waals surface area contributed by atoms with Crippen molar-refractivity contribution in [3.8, 4) is 5.75 Å². The summed E-state index contributed by atoms with van der Waals surface area (Å²) in [6.07, 6.45) is 0. The van der Waals surface area contributed by atoms with Gasteiger partial charge in [-0.15, -0.1) is 0 Å². The maximum absolute atomic E-state index is 13.4. The van der Waals surface area contributed by atoms with Gasteiger partial charge in [-0.25, -0.2) is 4.98 Å². The van der Waals surface area contributed by atoms with Crippen molar-refractivity contribution < 1.29 is 23.8 Å². The Morgan fingerprint density at radius 1 is 1.11 bits per heavy atom. The smallest absolute Gasteiger partial charge is 0.302 e. The number of benzene rings is 2. The van der Waals surface area contributed by atoms with Gasteiger partial charge in [0.1, 0.15) is 29.1 Å². The van der Waals surface area contributed by atoms with Gasteiger partial charge in [0.15, 0.2) is 5.13 Å². The summed E-state index contributed by atoms with van der Waals surface area (Å²) in [7, 11) is 0. The Balaban J connectivity index is 1.71. The second kappa shape index (κ2) is 8.70. The molecular weight excluding hydrogens is 464 g/mol. The van der Waals surface area contributed by atoms with Gasteiger partial charge in [0, 0.05) is 5.56 Å². The Bertz CT molecular complexity index is 1510. The molecular formula is C27H24N2O5S. The highest BCUT2D eigenvalue weighted by molar-refractivity contribution is 7.22. The van der Waals surface area contributed by atoms with Crippen molar-refractivity contribution in [2.45, 2.75) is 33.7 Å². The van der Waals surface area contributed by atoms with Crippen molar-refractivity contribution in [3.05, 3.63) is 82.3 Å². The zero-order valence-electron chi connectivity index (χ0n) is 19.8. The third-order valence-electron chi connectivity index (χ3n) is 5.99. The number of aliphatic hydroxyl groups excluding tert-OH is 1. The summed E-state index contributed by atoms with van der Waals surface area (Å²) >= 11 is 1.28. The van der Waals surface area contributed by atoms with Crippen molar-refractivity contribution >= 4 is 44.1 Å². The number of ketones is 1. The Labute approximate surface area is 206 Å². The molecule has 0 saturated carbocycles. The fourth-order valence-electron chi connectivity index (χ4n) is 4.29. The standard InChI is InChI=1S/C27H24N2O5S/c1-5-33-17-9-10-19-21(13-17)35-27(28-19)29-23(20-11-8-16(4)34-20)22(25(31)26(29)32)24(30)18-12-14(2)6-7-15(18)3/h6-13,23,30H,5H2,1-4H3. The fraction of sp³-hybridized carbons (Fsp3) is 0.222. The van der Waals surface area contributed by atoms with E-state index in [4.69, 9.17) is 9.15 Å². The molecule has 4 aromatic rings. The Kier molecular flexibility index (Phi) is 5.68. The number of rotatable bonds is 5. The lowest BCUT2D eigenvalue weighted by Crippen LogP contribution is -2.29. The number of aliphatic hydroxyl groups is 1. The molecule has 0 spiro atoms. The number of aryl methyl sites for hydroxylation is 3. The van der Waals surface area contributed by atoms with Gasteiger partial charge in [-0.1, -0.05) is 29.0 Å². The van der Waals surface area contributed by atoms with E-state index in [0.29, 0.717) is 40.1 Å². The zero-order valence-corrected chi connectivity index (χ0v) is 20.6. The van der Waals surface area contributed by atoms with E-state index in [9.17, 15) is 14.7 Å². The maximum Gasteiger partial charge on any atom is 0.302 e. The number of thiazole rings is 1. The number of carbonyl (C=O) groups excluding carboxylic acids is 2. The lowest BCUT2D eigenvalue weighted by Gasteiger charge is -2.21. The number of carbonyl (C=O) groups is 2. The molecule has 178 valence electrons. The van der Waals surface area contributed by atoms with Gasteiger partial charge < -0.3 is 14.3 Å². The van der Waals surface area contributed by atoms with Crippen LogP contribution in [0.3, 0.4) is 0 Å². The van der Waals surface area contributed by atoms with Gasteiger partial charge in [-0.3, -0.25) is 14.5 Å². The Hall–Kier alpha value is -3.91. The Morgan fingerprint density at radius 2 is 1.91 bits per heavy atom. The zero-order chi connectivity index (χ0) is 24.9. The molecule has 0 radical (unpaired) electrons. The van der Waals surface area contributed by atoms with Crippen molar-refractivity contribution in [2.75, 3.05) is 11.5 Å². The SMILES string of the molecule is CCOc1ccc2nc(N3C(=O)C(=O)C(=C(O)c4cc(C)ccc4C)C3c3ccc(C)o3)sc2c1. The lowest BCUT2D eigenvalue weighted by molar-refractivity contribution is -0.132. The molecule has 35 heavy (non-hydrogen) atoms. The van der Waals surface area contributed by atoms with Crippen LogP contribution in [0.15, 0.2) is 58.5 Å². The van der Waals surface area contributed by atoms with Crippen LogP contribution >= 0.6 is 11.3 Å². The van der Waals surface area contributed by atoms with Crippen LogP contribution in [-0.2, 0) is 9.59 Å². The topological polar surface area (TPSA) is 92.9 Å². The van der Waals surface area contributed by atoms with E-state index >= 15 is 0 Å². The summed E-state index contributed by atoms with van der Waals surface area (Å²) < 4.78 is 12.3. The molecule has 1 atom stereocenters. The molecule has 1 saturated heterocycles. The summed E-state index contributed by atoms with van der Waals surface area (Å²) in [5, 5.41) is 11.7. The van der Waals surface area contributed by atoms with E-state index in [2.05, 4.69) is 4.98 Å². The van der Waals surface area contributed by atoms with Crippen molar-refractivity contribution in [2.24, 2.45) is 0 Å².